The molecule has 2 aromatic rings. The van der Waals surface area contributed by atoms with Gasteiger partial charge in [-0.2, -0.15) is 0 Å². The smallest absolute Gasteiger partial charge is 0.220 e. The van der Waals surface area contributed by atoms with Crippen molar-refractivity contribution in [2.45, 2.75) is 31.9 Å². The van der Waals surface area contributed by atoms with E-state index in [1.165, 1.54) is 0 Å². The number of hydrogen-bond donors (Lipinski definition) is 4. The number of carbonyl (C=O) groups excluding carboxylic acids is 2. The first-order valence-electron chi connectivity index (χ1n) is 8.46. The number of aryl methyl sites for hydroxylation is 1. The largest absolute Gasteiger partial charge is 0.399 e. The fraction of sp³-hybridized carbons (Fsp3) is 0.300. The number of hydrogen-bond acceptors (Lipinski definition) is 5. The Morgan fingerprint density at radius 3 is 2.62 bits per heavy atom. The molecule has 0 saturated heterocycles. The van der Waals surface area contributed by atoms with Crippen LogP contribution in [0, 0.1) is 0 Å². The highest BCUT2D eigenvalue weighted by Gasteiger charge is 2.21. The summed E-state index contributed by atoms with van der Waals surface area (Å²) in [7, 11) is 1.59. The van der Waals surface area contributed by atoms with Crippen molar-refractivity contribution in [3.05, 3.63) is 59.2 Å². The lowest BCUT2D eigenvalue weighted by Gasteiger charge is -2.26. The lowest BCUT2D eigenvalue weighted by atomic mass is 9.97. The number of amides is 1. The Balaban J connectivity index is 2.15. The molecule has 1 unspecified atom stereocenters. The Morgan fingerprint density at radius 1 is 1.23 bits per heavy atom. The minimum absolute atomic E-state index is 0.0571. The summed E-state index contributed by atoms with van der Waals surface area (Å²) in [4.78, 5) is 22.7. The fourth-order valence-electron chi connectivity index (χ4n) is 2.86. The monoisotopic (exact) mass is 355 g/mol. The van der Waals surface area contributed by atoms with Gasteiger partial charge < -0.3 is 21.5 Å². The van der Waals surface area contributed by atoms with Crippen LogP contribution in [0.1, 0.15) is 34.8 Å². The standard InChI is InChI=1S/C20H25N3O3/c1-20(26,23-18-5-3-4-17(21)11-18)12-15-8-14(6-7-19(25)22-2)9-16(10-15)13-24/h3-5,8-11,13,23,26H,6-7,12,21H2,1-2H3,(H,22,25). The first-order valence-corrected chi connectivity index (χ1v) is 8.46. The molecule has 0 spiro atoms. The summed E-state index contributed by atoms with van der Waals surface area (Å²) in [5.41, 5.74) is 8.06. The average molecular weight is 355 g/mol. The highest BCUT2D eigenvalue weighted by atomic mass is 16.3. The Bertz CT molecular complexity index is 788. The van der Waals surface area contributed by atoms with Gasteiger partial charge in [-0.3, -0.25) is 9.59 Å². The second-order valence-corrected chi connectivity index (χ2v) is 6.57. The SMILES string of the molecule is CNC(=O)CCc1cc(C=O)cc(CC(C)(O)Nc2cccc(N)c2)c1. The molecule has 0 aromatic heterocycles. The van der Waals surface area contributed by atoms with Gasteiger partial charge in [0, 0.05) is 36.8 Å². The van der Waals surface area contributed by atoms with Crippen LogP contribution in [0.15, 0.2) is 42.5 Å². The van der Waals surface area contributed by atoms with E-state index < -0.39 is 5.72 Å². The van der Waals surface area contributed by atoms with Gasteiger partial charge in [-0.15, -0.1) is 0 Å². The van der Waals surface area contributed by atoms with E-state index in [1.54, 1.807) is 44.3 Å². The fourth-order valence-corrected chi connectivity index (χ4v) is 2.86. The third-order valence-electron chi connectivity index (χ3n) is 3.98. The minimum Gasteiger partial charge on any atom is -0.399 e. The van der Waals surface area contributed by atoms with Crippen LogP contribution in [-0.2, 0) is 17.6 Å². The summed E-state index contributed by atoms with van der Waals surface area (Å²) in [5.74, 6) is -0.0571. The molecule has 138 valence electrons. The predicted octanol–water partition coefficient (Wildman–Crippen LogP) is 2.12. The molecule has 0 aliphatic heterocycles. The van der Waals surface area contributed by atoms with Crippen molar-refractivity contribution in [2.75, 3.05) is 18.1 Å². The zero-order chi connectivity index (χ0) is 19.2. The lowest BCUT2D eigenvalue weighted by Crippen LogP contribution is -2.36. The van der Waals surface area contributed by atoms with Crippen LogP contribution in [-0.4, -0.2) is 30.1 Å². The van der Waals surface area contributed by atoms with Gasteiger partial charge in [0.2, 0.25) is 5.91 Å². The number of rotatable bonds is 8. The van der Waals surface area contributed by atoms with Crippen molar-refractivity contribution in [3.63, 3.8) is 0 Å². The van der Waals surface area contributed by atoms with E-state index in [9.17, 15) is 14.7 Å². The predicted molar refractivity (Wildman–Crippen MR) is 103 cm³/mol. The number of nitrogens with one attached hydrogen (secondary N) is 2. The third kappa shape index (κ3) is 5.89. The third-order valence-corrected chi connectivity index (χ3v) is 3.98. The quantitative estimate of drug-likeness (QED) is 0.330. The number of aliphatic hydroxyl groups is 1. The van der Waals surface area contributed by atoms with Gasteiger partial charge in [0.05, 0.1) is 0 Å². The van der Waals surface area contributed by atoms with E-state index in [2.05, 4.69) is 10.6 Å². The lowest BCUT2D eigenvalue weighted by molar-refractivity contribution is -0.120. The summed E-state index contributed by atoms with van der Waals surface area (Å²) in [5, 5.41) is 16.3. The Morgan fingerprint density at radius 2 is 1.96 bits per heavy atom. The second-order valence-electron chi connectivity index (χ2n) is 6.57. The average Bonchev–Trinajstić information content (AvgIpc) is 2.58. The van der Waals surface area contributed by atoms with Gasteiger partial charge in [0.15, 0.2) is 0 Å². The van der Waals surface area contributed by atoms with E-state index >= 15 is 0 Å². The number of benzene rings is 2. The molecule has 6 heteroatoms. The molecule has 6 nitrogen and oxygen atoms in total. The topological polar surface area (TPSA) is 104 Å². The van der Waals surface area contributed by atoms with Crippen LogP contribution >= 0.6 is 0 Å². The van der Waals surface area contributed by atoms with Gasteiger partial charge in [0.1, 0.15) is 12.0 Å². The molecule has 0 heterocycles. The number of carbonyl (C=O) groups is 2. The molecule has 2 aromatic carbocycles. The molecule has 0 aliphatic carbocycles. The van der Waals surface area contributed by atoms with E-state index in [4.69, 9.17) is 5.73 Å². The number of aldehydes is 1. The zero-order valence-electron chi connectivity index (χ0n) is 15.1. The molecule has 1 amide bonds. The van der Waals surface area contributed by atoms with Gasteiger partial charge >= 0.3 is 0 Å². The number of nitrogens with two attached hydrogens (primary N) is 1. The molecule has 0 aliphatic rings. The second kappa shape index (κ2) is 8.49. The van der Waals surface area contributed by atoms with E-state index in [0.717, 1.165) is 17.4 Å². The van der Waals surface area contributed by atoms with Crippen molar-refractivity contribution in [1.29, 1.82) is 0 Å². The summed E-state index contributed by atoms with van der Waals surface area (Å²) >= 11 is 0. The van der Waals surface area contributed by atoms with Gasteiger partial charge in [-0.1, -0.05) is 12.1 Å². The summed E-state index contributed by atoms with van der Waals surface area (Å²) in [6.45, 7) is 1.66. The van der Waals surface area contributed by atoms with E-state index in [0.29, 0.717) is 29.8 Å². The van der Waals surface area contributed by atoms with Gasteiger partial charge in [-0.05, 0) is 54.8 Å². The molecule has 0 saturated carbocycles. The van der Waals surface area contributed by atoms with Crippen LogP contribution in [0.3, 0.4) is 0 Å². The first-order chi connectivity index (χ1) is 12.3. The van der Waals surface area contributed by atoms with Crippen molar-refractivity contribution in [1.82, 2.24) is 5.32 Å². The summed E-state index contributed by atoms with van der Waals surface area (Å²) in [6, 6.07) is 12.5. The van der Waals surface area contributed by atoms with Crippen LogP contribution in [0.2, 0.25) is 0 Å². The zero-order valence-corrected chi connectivity index (χ0v) is 15.1. The van der Waals surface area contributed by atoms with Crippen LogP contribution in [0.4, 0.5) is 11.4 Å². The molecule has 0 bridgehead atoms. The van der Waals surface area contributed by atoms with Crippen molar-refractivity contribution >= 4 is 23.6 Å². The van der Waals surface area contributed by atoms with E-state index in [-0.39, 0.29) is 12.3 Å². The van der Waals surface area contributed by atoms with Crippen molar-refractivity contribution in [3.8, 4) is 0 Å². The van der Waals surface area contributed by atoms with Crippen molar-refractivity contribution < 1.29 is 14.7 Å². The maximum Gasteiger partial charge on any atom is 0.220 e. The Labute approximate surface area is 153 Å². The summed E-state index contributed by atoms with van der Waals surface area (Å²) < 4.78 is 0. The highest BCUT2D eigenvalue weighted by Crippen LogP contribution is 2.21. The van der Waals surface area contributed by atoms with Gasteiger partial charge in [-0.25, -0.2) is 0 Å². The van der Waals surface area contributed by atoms with E-state index in [1.807, 2.05) is 12.1 Å². The maximum atomic E-state index is 11.4. The first kappa shape index (κ1) is 19.5. The molecule has 2 rings (SSSR count). The normalized spacial score (nSPS) is 12.9. The highest BCUT2D eigenvalue weighted by molar-refractivity contribution is 5.77. The molecule has 26 heavy (non-hydrogen) atoms. The van der Waals surface area contributed by atoms with Gasteiger partial charge in [0.25, 0.3) is 0 Å². The van der Waals surface area contributed by atoms with Crippen LogP contribution in [0.5, 0.6) is 0 Å². The van der Waals surface area contributed by atoms with Crippen molar-refractivity contribution in [2.24, 2.45) is 0 Å². The molecule has 5 N–H and O–H groups in total. The Kier molecular flexibility index (Phi) is 6.36. The molecule has 1 atom stereocenters. The molecular formula is C20H25N3O3. The Hall–Kier alpha value is -2.86. The number of anilines is 2. The number of nitrogen functional groups attached to an aromatic ring is 1. The minimum atomic E-state index is -1.23. The van der Waals surface area contributed by atoms with Crippen LogP contribution in [0.25, 0.3) is 0 Å². The summed E-state index contributed by atoms with van der Waals surface area (Å²) in [6.07, 6.45) is 1.93. The molecular weight excluding hydrogens is 330 g/mol. The molecule has 0 fully saturated rings. The molecule has 0 radical (unpaired) electrons. The maximum absolute atomic E-state index is 11.4. The van der Waals surface area contributed by atoms with Crippen LogP contribution < -0.4 is 16.4 Å².